The van der Waals surface area contributed by atoms with Crippen LogP contribution in [0.15, 0.2) is 217 Å². The maximum absolute atomic E-state index is 6.92. The number of thiophene rings is 1. The second-order valence-corrected chi connectivity index (χ2v) is 18.6. The van der Waals surface area contributed by atoms with Gasteiger partial charge in [-0.1, -0.05) is 140 Å². The van der Waals surface area contributed by atoms with E-state index in [-0.39, 0.29) is 0 Å². The van der Waals surface area contributed by atoms with Gasteiger partial charge in [0.05, 0.1) is 27.6 Å². The summed E-state index contributed by atoms with van der Waals surface area (Å²) < 4.78 is 14.1. The summed E-state index contributed by atoms with van der Waals surface area (Å²) in [5.74, 6) is 1.71. The van der Waals surface area contributed by atoms with Crippen molar-refractivity contribution in [3.05, 3.63) is 212 Å². The SMILES string of the molecule is c1ccc(-n2c3ccccc3c3c(-c4nc(-c5cc(-n6c7ccccc7c7cc8ccccc8cc76)cc6c5oc5ccccc56)nc(-c5cccc6sc7ccccc7c56)n4)cccc32)cc1. The Morgan fingerprint density at radius 2 is 0.912 bits per heavy atom. The van der Waals surface area contributed by atoms with Gasteiger partial charge in [-0.3, -0.25) is 0 Å². The Labute approximate surface area is 392 Å². The van der Waals surface area contributed by atoms with Gasteiger partial charge in [-0.2, -0.15) is 0 Å². The van der Waals surface area contributed by atoms with E-state index >= 15 is 0 Å². The zero-order valence-corrected chi connectivity index (χ0v) is 37.1. The lowest BCUT2D eigenvalue weighted by Crippen LogP contribution is -2.02. The van der Waals surface area contributed by atoms with E-state index in [4.69, 9.17) is 19.4 Å². The molecule has 15 aromatic rings. The van der Waals surface area contributed by atoms with Crippen LogP contribution in [0.2, 0.25) is 0 Å². The van der Waals surface area contributed by atoms with Crippen LogP contribution in [0.5, 0.6) is 0 Å². The second-order valence-electron chi connectivity index (χ2n) is 17.5. The number of hydrogen-bond donors (Lipinski definition) is 0. The van der Waals surface area contributed by atoms with E-state index in [0.717, 1.165) is 88.2 Å². The van der Waals surface area contributed by atoms with E-state index < -0.39 is 0 Å². The molecule has 6 nitrogen and oxygen atoms in total. The van der Waals surface area contributed by atoms with Crippen LogP contribution in [-0.4, -0.2) is 24.1 Å². The van der Waals surface area contributed by atoms with Crippen molar-refractivity contribution in [2.75, 3.05) is 0 Å². The monoisotopic (exact) mass is 885 g/mol. The van der Waals surface area contributed by atoms with Gasteiger partial charge in [0.25, 0.3) is 0 Å². The van der Waals surface area contributed by atoms with Crippen molar-refractivity contribution in [1.82, 2.24) is 24.1 Å². The number of nitrogens with zero attached hydrogens (tertiary/aromatic N) is 5. The summed E-state index contributed by atoms with van der Waals surface area (Å²) in [6.07, 6.45) is 0. The van der Waals surface area contributed by atoms with Crippen LogP contribution in [-0.2, 0) is 0 Å². The predicted octanol–water partition coefficient (Wildman–Crippen LogP) is 16.5. The van der Waals surface area contributed by atoms with Crippen molar-refractivity contribution in [2.45, 2.75) is 0 Å². The maximum atomic E-state index is 6.92. The standard InChI is InChI=1S/C61H35N5OS/c1-2-18-38(19-3-1)65-50-27-11-7-22-42(50)56-44(24-14-28-51(56)65)59-62-60(45-25-15-31-55-57(45)43-23-9-13-30-54(43)68-55)64-61(63-59)48-35-39(34-47-41-21-8-12-29-53(41)67-58(47)48)66-49-26-10-6-20-40(49)46-32-36-16-4-5-17-37(36)33-52(46)66/h1-35H. The third kappa shape index (κ3) is 5.42. The van der Waals surface area contributed by atoms with Crippen molar-refractivity contribution in [3.8, 4) is 45.5 Å². The molecule has 15 rings (SSSR count). The molecule has 0 saturated carbocycles. The molecule has 316 valence electrons. The Hall–Kier alpha value is -8.91. The second kappa shape index (κ2) is 14.3. The number of furan rings is 1. The van der Waals surface area contributed by atoms with E-state index in [9.17, 15) is 0 Å². The first kappa shape index (κ1) is 37.3. The van der Waals surface area contributed by atoms with Crippen molar-refractivity contribution < 1.29 is 4.42 Å². The minimum atomic E-state index is 0.530. The first-order valence-corrected chi connectivity index (χ1v) is 23.7. The van der Waals surface area contributed by atoms with Gasteiger partial charge in [-0.15, -0.1) is 11.3 Å². The molecule has 0 aliphatic rings. The van der Waals surface area contributed by atoms with Crippen LogP contribution >= 0.6 is 11.3 Å². The zero-order valence-electron chi connectivity index (χ0n) is 36.3. The highest BCUT2D eigenvalue weighted by molar-refractivity contribution is 7.25. The lowest BCUT2D eigenvalue weighted by molar-refractivity contribution is 0.669. The van der Waals surface area contributed by atoms with Gasteiger partial charge in [0.15, 0.2) is 17.5 Å². The molecule has 0 unspecified atom stereocenters. The van der Waals surface area contributed by atoms with Crippen molar-refractivity contribution >= 4 is 108 Å². The van der Waals surface area contributed by atoms with Crippen LogP contribution in [0.25, 0.3) is 142 Å². The lowest BCUT2D eigenvalue weighted by atomic mass is 10.0. The number of benzene rings is 10. The van der Waals surface area contributed by atoms with E-state index in [1.165, 1.54) is 36.3 Å². The first-order valence-electron chi connectivity index (χ1n) is 22.8. The molecule has 0 spiro atoms. The Morgan fingerprint density at radius 3 is 1.72 bits per heavy atom. The molecule has 0 saturated heterocycles. The van der Waals surface area contributed by atoms with Gasteiger partial charge in [-0.25, -0.2) is 15.0 Å². The average Bonchev–Trinajstić information content (AvgIpc) is 4.15. The van der Waals surface area contributed by atoms with E-state index in [1.807, 2.05) is 12.1 Å². The molecule has 10 aromatic carbocycles. The fourth-order valence-corrected chi connectivity index (χ4v) is 11.9. The summed E-state index contributed by atoms with van der Waals surface area (Å²) in [4.78, 5) is 16.6. The number of rotatable bonds is 5. The van der Waals surface area contributed by atoms with Crippen molar-refractivity contribution in [3.63, 3.8) is 0 Å². The first-order chi connectivity index (χ1) is 33.7. The Morgan fingerprint density at radius 1 is 0.338 bits per heavy atom. The molecule has 0 amide bonds. The molecule has 0 bridgehead atoms. The summed E-state index contributed by atoms with van der Waals surface area (Å²) in [5, 5.41) is 11.3. The number of fused-ring (bicyclic) bond motifs is 13. The van der Waals surface area contributed by atoms with E-state index in [2.05, 4.69) is 209 Å². The lowest BCUT2D eigenvalue weighted by Gasteiger charge is -2.13. The third-order valence-corrected chi connectivity index (χ3v) is 14.9. The van der Waals surface area contributed by atoms with Gasteiger partial charge in [-0.05, 0) is 83.6 Å². The number of hydrogen-bond acceptors (Lipinski definition) is 5. The molecule has 0 atom stereocenters. The smallest absolute Gasteiger partial charge is 0.167 e. The highest BCUT2D eigenvalue weighted by atomic mass is 32.1. The van der Waals surface area contributed by atoms with Crippen LogP contribution in [0, 0.1) is 0 Å². The highest BCUT2D eigenvalue weighted by Crippen LogP contribution is 2.44. The molecule has 68 heavy (non-hydrogen) atoms. The van der Waals surface area contributed by atoms with Crippen LogP contribution in [0.4, 0.5) is 0 Å². The van der Waals surface area contributed by atoms with Crippen LogP contribution in [0.1, 0.15) is 0 Å². The minimum Gasteiger partial charge on any atom is -0.455 e. The largest absolute Gasteiger partial charge is 0.455 e. The highest BCUT2D eigenvalue weighted by Gasteiger charge is 2.25. The van der Waals surface area contributed by atoms with Gasteiger partial charge < -0.3 is 13.6 Å². The van der Waals surface area contributed by atoms with Gasteiger partial charge >= 0.3 is 0 Å². The fourth-order valence-electron chi connectivity index (χ4n) is 10.8. The number of para-hydroxylation sites is 4. The molecule has 5 aromatic heterocycles. The van der Waals surface area contributed by atoms with E-state index in [1.54, 1.807) is 11.3 Å². The summed E-state index contributed by atoms with van der Waals surface area (Å²) in [5.41, 5.74) is 10.7. The van der Waals surface area contributed by atoms with Crippen LogP contribution < -0.4 is 0 Å². The Kier molecular flexibility index (Phi) is 7.85. The normalized spacial score (nSPS) is 12.1. The molecule has 0 radical (unpaired) electrons. The maximum Gasteiger partial charge on any atom is 0.167 e. The van der Waals surface area contributed by atoms with Gasteiger partial charge in [0, 0.05) is 75.0 Å². The third-order valence-electron chi connectivity index (χ3n) is 13.7. The zero-order chi connectivity index (χ0) is 44.5. The molecular formula is C61H35N5OS. The molecule has 0 fully saturated rings. The Balaban J connectivity index is 1.07. The topological polar surface area (TPSA) is 61.7 Å². The van der Waals surface area contributed by atoms with Crippen LogP contribution in [0.3, 0.4) is 0 Å². The summed E-state index contributed by atoms with van der Waals surface area (Å²) in [6, 6.07) is 75.5. The molecule has 7 heteroatoms. The predicted molar refractivity (Wildman–Crippen MR) is 282 cm³/mol. The van der Waals surface area contributed by atoms with Crippen molar-refractivity contribution in [2.24, 2.45) is 0 Å². The van der Waals surface area contributed by atoms with E-state index in [0.29, 0.717) is 17.5 Å². The molecular weight excluding hydrogens is 851 g/mol. The molecule has 0 aliphatic carbocycles. The Bertz CT molecular complexity index is 4580. The van der Waals surface area contributed by atoms with Crippen molar-refractivity contribution in [1.29, 1.82) is 0 Å². The average molecular weight is 886 g/mol. The summed E-state index contributed by atoms with van der Waals surface area (Å²) in [6.45, 7) is 0. The summed E-state index contributed by atoms with van der Waals surface area (Å²) in [7, 11) is 0. The number of aromatic nitrogens is 5. The molecule has 0 N–H and O–H groups in total. The molecule has 0 aliphatic heterocycles. The summed E-state index contributed by atoms with van der Waals surface area (Å²) >= 11 is 1.79. The molecule has 5 heterocycles. The minimum absolute atomic E-state index is 0.530. The van der Waals surface area contributed by atoms with Gasteiger partial charge in [0.1, 0.15) is 11.2 Å². The van der Waals surface area contributed by atoms with Gasteiger partial charge in [0.2, 0.25) is 0 Å². The fraction of sp³-hybridized carbons (Fsp3) is 0. The quantitative estimate of drug-likeness (QED) is 0.173.